The number of hydrogen-bond acceptors (Lipinski definition) is 3. The van der Waals surface area contributed by atoms with E-state index in [1.165, 1.54) is 0 Å². The van der Waals surface area contributed by atoms with Gasteiger partial charge in [0.25, 0.3) is 5.91 Å². The van der Waals surface area contributed by atoms with Gasteiger partial charge in [0, 0.05) is 12.6 Å². The minimum atomic E-state index is 0.0419. The highest BCUT2D eigenvalue weighted by molar-refractivity contribution is 5.97. The highest BCUT2D eigenvalue weighted by Crippen LogP contribution is 2.32. The SMILES string of the molecule is CCCNC(CN1C(=O)COc2ccccc21)C(C)CC. The Hall–Kier alpha value is -1.55. The molecule has 4 heteroatoms. The lowest BCUT2D eigenvalue weighted by atomic mass is 9.98. The molecule has 0 radical (unpaired) electrons. The summed E-state index contributed by atoms with van der Waals surface area (Å²) in [5.41, 5.74) is 0.889. The third kappa shape index (κ3) is 3.76. The van der Waals surface area contributed by atoms with Crippen LogP contribution in [0.5, 0.6) is 5.75 Å². The van der Waals surface area contributed by atoms with E-state index in [0.717, 1.165) is 30.8 Å². The van der Waals surface area contributed by atoms with E-state index in [9.17, 15) is 4.79 Å². The smallest absolute Gasteiger partial charge is 0.265 e. The number of carbonyl (C=O) groups is 1. The minimum Gasteiger partial charge on any atom is -0.482 e. The normalized spacial score (nSPS) is 17.1. The van der Waals surface area contributed by atoms with Gasteiger partial charge in [-0.2, -0.15) is 0 Å². The fraction of sp³-hybridized carbons (Fsp3) is 0.588. The Morgan fingerprint density at radius 2 is 2.10 bits per heavy atom. The van der Waals surface area contributed by atoms with Crippen molar-refractivity contribution in [2.45, 2.75) is 39.7 Å². The lowest BCUT2D eigenvalue weighted by Gasteiger charge is -2.34. The molecule has 0 bridgehead atoms. The summed E-state index contributed by atoms with van der Waals surface area (Å²) in [6, 6.07) is 8.08. The van der Waals surface area contributed by atoms with E-state index in [-0.39, 0.29) is 12.5 Å². The first-order valence-electron chi connectivity index (χ1n) is 7.92. The second-order valence-electron chi connectivity index (χ2n) is 5.71. The van der Waals surface area contributed by atoms with E-state index in [0.29, 0.717) is 18.5 Å². The Balaban J connectivity index is 2.17. The van der Waals surface area contributed by atoms with Crippen LogP contribution in [0, 0.1) is 5.92 Å². The van der Waals surface area contributed by atoms with Gasteiger partial charge in [0.15, 0.2) is 6.61 Å². The Morgan fingerprint density at radius 3 is 2.81 bits per heavy atom. The number of hydrogen-bond donors (Lipinski definition) is 1. The molecule has 0 aliphatic carbocycles. The van der Waals surface area contributed by atoms with Gasteiger partial charge in [0.05, 0.1) is 5.69 Å². The van der Waals surface area contributed by atoms with Crippen molar-refractivity contribution in [1.82, 2.24) is 5.32 Å². The van der Waals surface area contributed by atoms with Gasteiger partial charge in [-0.3, -0.25) is 4.79 Å². The van der Waals surface area contributed by atoms with Crippen molar-refractivity contribution in [3.8, 4) is 5.75 Å². The van der Waals surface area contributed by atoms with Crippen LogP contribution in [0.1, 0.15) is 33.6 Å². The summed E-state index contributed by atoms with van der Waals surface area (Å²) in [6.45, 7) is 8.42. The number of carbonyl (C=O) groups excluding carboxylic acids is 1. The van der Waals surface area contributed by atoms with Gasteiger partial charge in [-0.1, -0.05) is 39.3 Å². The van der Waals surface area contributed by atoms with Crippen molar-refractivity contribution in [2.24, 2.45) is 5.92 Å². The zero-order valence-corrected chi connectivity index (χ0v) is 13.3. The van der Waals surface area contributed by atoms with Gasteiger partial charge in [0.2, 0.25) is 0 Å². The number of benzene rings is 1. The average molecular weight is 290 g/mol. The fourth-order valence-corrected chi connectivity index (χ4v) is 2.61. The number of amides is 1. The molecule has 1 amide bonds. The van der Waals surface area contributed by atoms with E-state index < -0.39 is 0 Å². The van der Waals surface area contributed by atoms with E-state index in [2.05, 4.69) is 26.1 Å². The first-order valence-corrected chi connectivity index (χ1v) is 7.92. The molecule has 2 rings (SSSR count). The fourth-order valence-electron chi connectivity index (χ4n) is 2.61. The molecule has 1 aromatic carbocycles. The maximum Gasteiger partial charge on any atom is 0.265 e. The van der Waals surface area contributed by atoms with Crippen molar-refractivity contribution >= 4 is 11.6 Å². The first kappa shape index (κ1) is 15.8. The number of nitrogens with zero attached hydrogens (tertiary/aromatic N) is 1. The monoisotopic (exact) mass is 290 g/mol. The van der Waals surface area contributed by atoms with Crippen molar-refractivity contribution < 1.29 is 9.53 Å². The van der Waals surface area contributed by atoms with Crippen molar-refractivity contribution in [3.63, 3.8) is 0 Å². The van der Waals surface area contributed by atoms with Crippen LogP contribution in [0.15, 0.2) is 24.3 Å². The predicted molar refractivity (Wildman–Crippen MR) is 85.8 cm³/mol. The molecule has 2 atom stereocenters. The lowest BCUT2D eigenvalue weighted by Crippen LogP contribution is -2.49. The maximum absolute atomic E-state index is 12.3. The molecule has 2 unspecified atom stereocenters. The topological polar surface area (TPSA) is 41.6 Å². The van der Waals surface area contributed by atoms with Gasteiger partial charge >= 0.3 is 0 Å². The number of para-hydroxylation sites is 2. The molecule has 4 nitrogen and oxygen atoms in total. The Kier molecular flexibility index (Phi) is 5.62. The van der Waals surface area contributed by atoms with E-state index >= 15 is 0 Å². The van der Waals surface area contributed by atoms with Crippen LogP contribution >= 0.6 is 0 Å². The summed E-state index contributed by atoms with van der Waals surface area (Å²) in [7, 11) is 0. The highest BCUT2D eigenvalue weighted by atomic mass is 16.5. The van der Waals surface area contributed by atoms with Crippen LogP contribution in [0.25, 0.3) is 0 Å². The van der Waals surface area contributed by atoms with Gasteiger partial charge in [-0.25, -0.2) is 0 Å². The van der Waals surface area contributed by atoms with Crippen LogP contribution in [-0.2, 0) is 4.79 Å². The second kappa shape index (κ2) is 7.46. The minimum absolute atomic E-state index is 0.0419. The molecule has 1 aliphatic rings. The van der Waals surface area contributed by atoms with Crippen LogP contribution in [-0.4, -0.2) is 31.6 Å². The Morgan fingerprint density at radius 1 is 1.33 bits per heavy atom. The van der Waals surface area contributed by atoms with E-state index in [1.807, 2.05) is 29.2 Å². The van der Waals surface area contributed by atoms with Crippen molar-refractivity contribution in [3.05, 3.63) is 24.3 Å². The molecule has 1 heterocycles. The Labute approximate surface area is 127 Å². The number of anilines is 1. The van der Waals surface area contributed by atoms with Crippen LogP contribution in [0.4, 0.5) is 5.69 Å². The summed E-state index contributed by atoms with van der Waals surface area (Å²) in [6.07, 6.45) is 2.20. The molecule has 1 aromatic rings. The molecule has 0 fully saturated rings. The number of fused-ring (bicyclic) bond motifs is 1. The van der Waals surface area contributed by atoms with E-state index in [1.54, 1.807) is 0 Å². The molecule has 0 spiro atoms. The quantitative estimate of drug-likeness (QED) is 0.839. The van der Waals surface area contributed by atoms with Crippen molar-refractivity contribution in [2.75, 3.05) is 24.6 Å². The number of ether oxygens (including phenoxy) is 1. The highest BCUT2D eigenvalue weighted by Gasteiger charge is 2.28. The molecule has 1 N–H and O–H groups in total. The number of rotatable bonds is 7. The van der Waals surface area contributed by atoms with Gasteiger partial charge in [0.1, 0.15) is 5.75 Å². The zero-order chi connectivity index (χ0) is 15.2. The molecule has 1 aliphatic heterocycles. The molecule has 0 aromatic heterocycles. The molecular weight excluding hydrogens is 264 g/mol. The third-order valence-corrected chi connectivity index (χ3v) is 4.17. The van der Waals surface area contributed by atoms with Crippen LogP contribution < -0.4 is 15.0 Å². The summed E-state index contributed by atoms with van der Waals surface area (Å²) < 4.78 is 5.50. The van der Waals surface area contributed by atoms with Gasteiger partial charge in [-0.05, 0) is 31.0 Å². The largest absolute Gasteiger partial charge is 0.482 e. The summed E-state index contributed by atoms with van der Waals surface area (Å²) in [5, 5.41) is 3.58. The van der Waals surface area contributed by atoms with Crippen molar-refractivity contribution in [1.29, 1.82) is 0 Å². The number of nitrogens with one attached hydrogen (secondary N) is 1. The van der Waals surface area contributed by atoms with Gasteiger partial charge in [-0.15, -0.1) is 0 Å². The standard InChI is InChI=1S/C17H26N2O2/c1-4-10-18-14(13(3)5-2)11-19-15-8-6-7-9-16(15)21-12-17(19)20/h6-9,13-14,18H,4-5,10-12H2,1-3H3. The summed E-state index contributed by atoms with van der Waals surface area (Å²) in [5.74, 6) is 1.37. The summed E-state index contributed by atoms with van der Waals surface area (Å²) in [4.78, 5) is 14.1. The zero-order valence-electron chi connectivity index (χ0n) is 13.3. The lowest BCUT2D eigenvalue weighted by molar-refractivity contribution is -0.121. The average Bonchev–Trinajstić information content (AvgIpc) is 2.52. The molecule has 0 saturated carbocycles. The van der Waals surface area contributed by atoms with Crippen LogP contribution in [0.2, 0.25) is 0 Å². The first-order chi connectivity index (χ1) is 10.2. The Bertz CT molecular complexity index is 476. The third-order valence-electron chi connectivity index (χ3n) is 4.17. The van der Waals surface area contributed by atoms with E-state index in [4.69, 9.17) is 4.74 Å². The maximum atomic E-state index is 12.3. The second-order valence-corrected chi connectivity index (χ2v) is 5.71. The summed E-state index contributed by atoms with van der Waals surface area (Å²) >= 11 is 0. The predicted octanol–water partition coefficient (Wildman–Crippen LogP) is 2.83. The van der Waals surface area contributed by atoms with Gasteiger partial charge < -0.3 is 15.0 Å². The molecule has 0 saturated heterocycles. The molecule has 21 heavy (non-hydrogen) atoms. The van der Waals surface area contributed by atoms with Crippen LogP contribution in [0.3, 0.4) is 0 Å². The molecular formula is C17H26N2O2. The molecule has 116 valence electrons.